The van der Waals surface area contributed by atoms with E-state index in [1.54, 1.807) is 7.05 Å². The summed E-state index contributed by atoms with van der Waals surface area (Å²) in [6.07, 6.45) is 0.570. The Morgan fingerprint density at radius 3 is 2.79 bits per heavy atom. The number of hydrogen-bond acceptors (Lipinski definition) is 5. The normalized spacial score (nSPS) is 15.4. The van der Waals surface area contributed by atoms with Crippen molar-refractivity contribution in [2.75, 3.05) is 13.2 Å². The smallest absolute Gasteiger partial charge is 0.176 e. The van der Waals surface area contributed by atoms with E-state index in [0.29, 0.717) is 25.5 Å². The number of nitrogens with zero attached hydrogens (tertiary/aromatic N) is 4. The fourth-order valence-corrected chi connectivity index (χ4v) is 1.14. The zero-order valence-corrected chi connectivity index (χ0v) is 8.90. The van der Waals surface area contributed by atoms with Crippen molar-refractivity contribution >= 4 is 0 Å². The van der Waals surface area contributed by atoms with Gasteiger partial charge >= 0.3 is 0 Å². The summed E-state index contributed by atoms with van der Waals surface area (Å²) in [4.78, 5) is 1.42. The molecule has 1 heterocycles. The minimum atomic E-state index is -0.432. The molecule has 6 heteroatoms. The quantitative estimate of drug-likeness (QED) is 0.692. The van der Waals surface area contributed by atoms with Gasteiger partial charge in [-0.2, -0.15) is 4.80 Å². The molecule has 1 aromatic rings. The molecule has 80 valence electrons. The summed E-state index contributed by atoms with van der Waals surface area (Å²) < 4.78 is 5.27. The molecule has 1 aromatic heterocycles. The first-order chi connectivity index (χ1) is 6.53. The lowest BCUT2D eigenvalue weighted by Crippen LogP contribution is -2.43. The number of ether oxygens (including phenoxy) is 1. The molecule has 6 nitrogen and oxygen atoms in total. The Bertz CT molecular complexity index is 283. The van der Waals surface area contributed by atoms with Crippen LogP contribution in [0.25, 0.3) is 0 Å². The van der Waals surface area contributed by atoms with Gasteiger partial charge in [-0.05, 0) is 19.1 Å². The van der Waals surface area contributed by atoms with Crippen molar-refractivity contribution < 1.29 is 4.74 Å². The summed E-state index contributed by atoms with van der Waals surface area (Å²) in [5.41, 5.74) is 5.57. The highest BCUT2D eigenvalue weighted by Gasteiger charge is 2.21. The van der Waals surface area contributed by atoms with Crippen LogP contribution in [0.5, 0.6) is 0 Å². The van der Waals surface area contributed by atoms with Crippen LogP contribution in [-0.4, -0.2) is 39.0 Å². The van der Waals surface area contributed by atoms with E-state index in [2.05, 4.69) is 15.4 Å². The summed E-state index contributed by atoms with van der Waals surface area (Å²) in [6, 6.07) is 0. The number of aromatic nitrogens is 4. The number of nitrogens with two attached hydrogens (primary N) is 1. The first kappa shape index (κ1) is 11.1. The number of hydrogen-bond donors (Lipinski definition) is 1. The second kappa shape index (κ2) is 4.47. The molecule has 1 unspecified atom stereocenters. The van der Waals surface area contributed by atoms with Gasteiger partial charge < -0.3 is 10.5 Å². The van der Waals surface area contributed by atoms with Crippen molar-refractivity contribution in [2.45, 2.75) is 25.8 Å². The van der Waals surface area contributed by atoms with Crippen molar-refractivity contribution in [2.24, 2.45) is 12.8 Å². The molecule has 0 aliphatic rings. The zero-order chi connectivity index (χ0) is 10.6. The molecule has 0 radical (unpaired) electrons. The Morgan fingerprint density at radius 2 is 2.29 bits per heavy atom. The summed E-state index contributed by atoms with van der Waals surface area (Å²) in [6.45, 7) is 5.03. The van der Waals surface area contributed by atoms with Gasteiger partial charge in [0.15, 0.2) is 5.82 Å². The van der Waals surface area contributed by atoms with Gasteiger partial charge in [-0.15, -0.1) is 10.2 Å². The van der Waals surface area contributed by atoms with E-state index in [1.165, 1.54) is 4.80 Å². The highest BCUT2D eigenvalue weighted by atomic mass is 16.5. The first-order valence-electron chi connectivity index (χ1n) is 4.63. The van der Waals surface area contributed by atoms with Crippen LogP contribution in [0.1, 0.15) is 19.7 Å². The Kier molecular flexibility index (Phi) is 3.54. The largest absolute Gasteiger partial charge is 0.380 e. The Balaban J connectivity index is 2.49. The van der Waals surface area contributed by atoms with Crippen molar-refractivity contribution in [1.29, 1.82) is 0 Å². The fourth-order valence-electron chi connectivity index (χ4n) is 1.14. The van der Waals surface area contributed by atoms with Crippen LogP contribution in [-0.2, 0) is 18.2 Å². The van der Waals surface area contributed by atoms with Gasteiger partial charge in [0.05, 0.1) is 13.7 Å². The van der Waals surface area contributed by atoms with E-state index in [-0.39, 0.29) is 0 Å². The minimum Gasteiger partial charge on any atom is -0.380 e. The molecule has 0 aliphatic heterocycles. The molecule has 1 rings (SSSR count). The van der Waals surface area contributed by atoms with Crippen LogP contribution in [0.2, 0.25) is 0 Å². The maximum Gasteiger partial charge on any atom is 0.176 e. The highest BCUT2D eigenvalue weighted by molar-refractivity contribution is 4.91. The third-order valence-corrected chi connectivity index (χ3v) is 1.75. The predicted octanol–water partition coefficient (Wildman–Crippen LogP) is -0.493. The molecule has 0 aromatic carbocycles. The molecule has 0 amide bonds. The molecule has 1 atom stereocenters. The van der Waals surface area contributed by atoms with Crippen LogP contribution >= 0.6 is 0 Å². The SMILES string of the molecule is CCOCC(C)(N)Cc1nnn(C)n1. The summed E-state index contributed by atoms with van der Waals surface area (Å²) in [5.74, 6) is 0.650. The van der Waals surface area contributed by atoms with E-state index in [9.17, 15) is 0 Å². The number of tetrazole rings is 1. The van der Waals surface area contributed by atoms with Gasteiger partial charge in [-0.1, -0.05) is 0 Å². The molecular weight excluding hydrogens is 182 g/mol. The lowest BCUT2D eigenvalue weighted by molar-refractivity contribution is 0.100. The van der Waals surface area contributed by atoms with Crippen molar-refractivity contribution in [1.82, 2.24) is 20.2 Å². The van der Waals surface area contributed by atoms with Gasteiger partial charge in [0.1, 0.15) is 0 Å². The zero-order valence-electron chi connectivity index (χ0n) is 8.90. The van der Waals surface area contributed by atoms with E-state index >= 15 is 0 Å². The lowest BCUT2D eigenvalue weighted by atomic mass is 10.0. The van der Waals surface area contributed by atoms with Crippen molar-refractivity contribution in [3.8, 4) is 0 Å². The van der Waals surface area contributed by atoms with Crippen LogP contribution < -0.4 is 5.73 Å². The Hall–Kier alpha value is -1.01. The lowest BCUT2D eigenvalue weighted by Gasteiger charge is -2.22. The molecule has 0 fully saturated rings. The second-order valence-corrected chi connectivity index (χ2v) is 3.66. The van der Waals surface area contributed by atoms with Gasteiger partial charge in [0.25, 0.3) is 0 Å². The summed E-state index contributed by atoms with van der Waals surface area (Å²) >= 11 is 0. The van der Waals surface area contributed by atoms with Gasteiger partial charge in [0, 0.05) is 18.6 Å². The monoisotopic (exact) mass is 199 g/mol. The molecular formula is C8H17N5O. The third-order valence-electron chi connectivity index (χ3n) is 1.75. The summed E-state index contributed by atoms with van der Waals surface area (Å²) in [5, 5.41) is 11.7. The molecule has 2 N–H and O–H groups in total. The van der Waals surface area contributed by atoms with Crippen LogP contribution in [0, 0.1) is 0 Å². The molecule has 0 saturated carbocycles. The standard InChI is InChI=1S/C8H17N5O/c1-4-14-6-8(2,9)5-7-10-12-13(3)11-7/h4-6,9H2,1-3H3. The molecule has 14 heavy (non-hydrogen) atoms. The molecule has 0 saturated heterocycles. The summed E-state index contributed by atoms with van der Waals surface area (Å²) in [7, 11) is 1.73. The highest BCUT2D eigenvalue weighted by Crippen LogP contribution is 2.06. The minimum absolute atomic E-state index is 0.432. The topological polar surface area (TPSA) is 78.9 Å². The van der Waals surface area contributed by atoms with Gasteiger partial charge in [-0.3, -0.25) is 0 Å². The van der Waals surface area contributed by atoms with Crippen LogP contribution in [0.4, 0.5) is 0 Å². The number of aryl methyl sites for hydroxylation is 1. The average Bonchev–Trinajstić information content (AvgIpc) is 2.47. The average molecular weight is 199 g/mol. The maximum absolute atomic E-state index is 6.00. The van der Waals surface area contributed by atoms with Crippen molar-refractivity contribution in [3.63, 3.8) is 0 Å². The van der Waals surface area contributed by atoms with E-state index in [1.807, 2.05) is 13.8 Å². The number of rotatable bonds is 5. The fraction of sp³-hybridized carbons (Fsp3) is 0.875. The Morgan fingerprint density at radius 1 is 1.57 bits per heavy atom. The van der Waals surface area contributed by atoms with E-state index in [0.717, 1.165) is 0 Å². The van der Waals surface area contributed by atoms with E-state index < -0.39 is 5.54 Å². The first-order valence-corrected chi connectivity index (χ1v) is 4.63. The van der Waals surface area contributed by atoms with Gasteiger partial charge in [-0.25, -0.2) is 0 Å². The predicted molar refractivity (Wildman–Crippen MR) is 51.6 cm³/mol. The van der Waals surface area contributed by atoms with Gasteiger partial charge in [0.2, 0.25) is 0 Å². The second-order valence-electron chi connectivity index (χ2n) is 3.66. The molecule has 0 spiro atoms. The van der Waals surface area contributed by atoms with Crippen LogP contribution in [0.15, 0.2) is 0 Å². The molecule has 0 aliphatic carbocycles. The maximum atomic E-state index is 6.00. The van der Waals surface area contributed by atoms with Crippen LogP contribution in [0.3, 0.4) is 0 Å². The third kappa shape index (κ3) is 3.39. The molecule has 0 bridgehead atoms. The Labute approximate surface area is 83.4 Å². The van der Waals surface area contributed by atoms with E-state index in [4.69, 9.17) is 10.5 Å². The van der Waals surface area contributed by atoms with Crippen molar-refractivity contribution in [3.05, 3.63) is 5.82 Å².